The molecular weight excluding hydrogens is 176 g/mol. The van der Waals surface area contributed by atoms with Gasteiger partial charge in [0.05, 0.1) is 5.41 Å². The summed E-state index contributed by atoms with van der Waals surface area (Å²) in [4.78, 5) is 11.0. The lowest BCUT2D eigenvalue weighted by molar-refractivity contribution is -0.142. The van der Waals surface area contributed by atoms with E-state index < -0.39 is 11.4 Å². The average Bonchev–Trinajstić information content (AvgIpc) is 2.17. The van der Waals surface area contributed by atoms with Gasteiger partial charge >= 0.3 is 5.97 Å². The van der Waals surface area contributed by atoms with Crippen LogP contribution in [0.15, 0.2) is 30.8 Å². The van der Waals surface area contributed by atoms with Gasteiger partial charge in [0.15, 0.2) is 0 Å². The average molecular weight is 190 g/mol. The van der Waals surface area contributed by atoms with E-state index in [1.54, 1.807) is 19.9 Å². The lowest BCUT2D eigenvalue weighted by atomic mass is 9.84. The monoisotopic (exact) mass is 190 g/mol. The Morgan fingerprint density at radius 1 is 1.50 bits per heavy atom. The molecule has 1 aromatic carbocycles. The Hall–Kier alpha value is -1.57. The third kappa shape index (κ3) is 1.84. The second kappa shape index (κ2) is 3.66. The van der Waals surface area contributed by atoms with Crippen LogP contribution in [0, 0.1) is 0 Å². The predicted octanol–water partition coefficient (Wildman–Crippen LogP) is 2.69. The van der Waals surface area contributed by atoms with E-state index in [-0.39, 0.29) is 0 Å². The second-order valence-electron chi connectivity index (χ2n) is 3.76. The Balaban J connectivity index is 3.18. The van der Waals surface area contributed by atoms with E-state index in [0.29, 0.717) is 0 Å². The smallest absolute Gasteiger partial charge is 0.313 e. The number of hydrogen-bond acceptors (Lipinski definition) is 1. The quantitative estimate of drug-likeness (QED) is 0.795. The predicted molar refractivity (Wildman–Crippen MR) is 57.2 cm³/mol. The van der Waals surface area contributed by atoms with Crippen molar-refractivity contribution in [3.05, 3.63) is 42.0 Å². The van der Waals surface area contributed by atoms with Gasteiger partial charge in [-0.1, -0.05) is 36.9 Å². The summed E-state index contributed by atoms with van der Waals surface area (Å²) in [6.45, 7) is 7.04. The van der Waals surface area contributed by atoms with Crippen molar-refractivity contribution in [1.82, 2.24) is 0 Å². The Kier molecular flexibility index (Phi) is 2.75. The van der Waals surface area contributed by atoms with Crippen LogP contribution in [0.4, 0.5) is 0 Å². The van der Waals surface area contributed by atoms with Gasteiger partial charge in [-0.25, -0.2) is 0 Å². The highest BCUT2D eigenvalue weighted by Crippen LogP contribution is 2.24. The number of carboxylic acid groups (broad SMARTS) is 1. The molecule has 0 saturated carbocycles. The number of hydrogen-bond donors (Lipinski definition) is 1. The fraction of sp³-hybridized carbons (Fsp3) is 0.250. The maximum Gasteiger partial charge on any atom is 0.313 e. The number of rotatable bonds is 3. The number of aliphatic carboxylic acids is 1. The highest BCUT2D eigenvalue weighted by atomic mass is 16.4. The Morgan fingerprint density at radius 2 is 2.14 bits per heavy atom. The van der Waals surface area contributed by atoms with Gasteiger partial charge in [0.1, 0.15) is 0 Å². The van der Waals surface area contributed by atoms with Crippen molar-refractivity contribution in [2.45, 2.75) is 19.3 Å². The van der Waals surface area contributed by atoms with Crippen molar-refractivity contribution < 1.29 is 9.90 Å². The number of carboxylic acids is 1. The molecule has 1 aromatic rings. The molecule has 14 heavy (non-hydrogen) atoms. The first-order chi connectivity index (χ1) is 6.48. The molecule has 0 radical (unpaired) electrons. The minimum atomic E-state index is -0.848. The van der Waals surface area contributed by atoms with Crippen LogP contribution in [0.25, 0.3) is 6.08 Å². The lowest BCUT2D eigenvalue weighted by Crippen LogP contribution is -2.28. The summed E-state index contributed by atoms with van der Waals surface area (Å²) in [5.74, 6) is -0.821. The summed E-state index contributed by atoms with van der Waals surface area (Å²) in [7, 11) is 0. The first-order valence-corrected chi connectivity index (χ1v) is 4.45. The first-order valence-electron chi connectivity index (χ1n) is 4.45. The summed E-state index contributed by atoms with van der Waals surface area (Å²) in [5, 5.41) is 9.03. The third-order valence-electron chi connectivity index (χ3n) is 2.38. The van der Waals surface area contributed by atoms with E-state index >= 15 is 0 Å². The highest BCUT2D eigenvalue weighted by molar-refractivity contribution is 5.80. The summed E-state index contributed by atoms with van der Waals surface area (Å²) in [6.07, 6.45) is 1.71. The van der Waals surface area contributed by atoms with E-state index in [4.69, 9.17) is 5.11 Å². The summed E-state index contributed by atoms with van der Waals surface area (Å²) < 4.78 is 0. The molecule has 1 N–H and O–H groups in total. The molecule has 0 aliphatic rings. The van der Waals surface area contributed by atoms with Crippen molar-refractivity contribution in [2.75, 3.05) is 0 Å². The largest absolute Gasteiger partial charge is 0.481 e. The van der Waals surface area contributed by atoms with E-state index in [1.165, 1.54) is 0 Å². The zero-order valence-corrected chi connectivity index (χ0v) is 8.45. The van der Waals surface area contributed by atoms with Crippen LogP contribution in [-0.2, 0) is 10.2 Å². The van der Waals surface area contributed by atoms with Crippen LogP contribution < -0.4 is 0 Å². The van der Waals surface area contributed by atoms with Crippen LogP contribution in [0.3, 0.4) is 0 Å². The maximum absolute atomic E-state index is 11.0. The second-order valence-corrected chi connectivity index (χ2v) is 3.76. The fourth-order valence-electron chi connectivity index (χ4n) is 1.18. The molecule has 0 spiro atoms. The third-order valence-corrected chi connectivity index (χ3v) is 2.38. The Morgan fingerprint density at radius 3 is 2.64 bits per heavy atom. The van der Waals surface area contributed by atoms with Gasteiger partial charge in [0.25, 0.3) is 0 Å². The molecule has 0 saturated heterocycles. The Bertz CT molecular complexity index is 364. The summed E-state index contributed by atoms with van der Waals surface area (Å²) in [5.41, 5.74) is 0.887. The normalized spacial score (nSPS) is 11.0. The number of carbonyl (C=O) groups is 1. The zero-order valence-electron chi connectivity index (χ0n) is 8.45. The molecular formula is C12H14O2. The van der Waals surface area contributed by atoms with Gasteiger partial charge in [-0.15, -0.1) is 0 Å². The van der Waals surface area contributed by atoms with Crippen molar-refractivity contribution in [2.24, 2.45) is 0 Å². The van der Waals surface area contributed by atoms with Gasteiger partial charge < -0.3 is 5.11 Å². The van der Waals surface area contributed by atoms with E-state index in [2.05, 4.69) is 6.58 Å². The lowest BCUT2D eigenvalue weighted by Gasteiger charge is -2.19. The van der Waals surface area contributed by atoms with Crippen molar-refractivity contribution in [1.29, 1.82) is 0 Å². The molecule has 2 heteroatoms. The Labute approximate surface area is 83.9 Å². The molecule has 0 atom stereocenters. The molecule has 1 rings (SSSR count). The highest BCUT2D eigenvalue weighted by Gasteiger charge is 2.29. The fourth-order valence-corrected chi connectivity index (χ4v) is 1.18. The topological polar surface area (TPSA) is 37.3 Å². The van der Waals surface area contributed by atoms with E-state index in [0.717, 1.165) is 11.1 Å². The van der Waals surface area contributed by atoms with Crippen molar-refractivity contribution in [3.63, 3.8) is 0 Å². The van der Waals surface area contributed by atoms with Crippen molar-refractivity contribution in [3.8, 4) is 0 Å². The molecule has 2 nitrogen and oxygen atoms in total. The van der Waals surface area contributed by atoms with E-state index in [9.17, 15) is 4.79 Å². The molecule has 0 aliphatic heterocycles. The van der Waals surface area contributed by atoms with Crippen molar-refractivity contribution >= 4 is 12.0 Å². The number of benzene rings is 1. The van der Waals surface area contributed by atoms with Gasteiger partial charge in [0.2, 0.25) is 0 Å². The van der Waals surface area contributed by atoms with E-state index in [1.807, 2.05) is 24.3 Å². The first kappa shape index (κ1) is 10.5. The van der Waals surface area contributed by atoms with Crippen LogP contribution >= 0.6 is 0 Å². The van der Waals surface area contributed by atoms with Gasteiger partial charge in [-0.05, 0) is 25.0 Å². The molecule has 0 aromatic heterocycles. The molecule has 0 aliphatic carbocycles. The molecule has 0 fully saturated rings. The standard InChI is InChI=1S/C12H14O2/c1-4-9-6-5-7-10(8-9)12(2,3)11(13)14/h4-8H,1H2,2-3H3,(H,13,14). The molecule has 74 valence electrons. The van der Waals surface area contributed by atoms with Crippen LogP contribution in [-0.4, -0.2) is 11.1 Å². The van der Waals surface area contributed by atoms with Gasteiger partial charge in [-0.2, -0.15) is 0 Å². The van der Waals surface area contributed by atoms with Gasteiger partial charge in [0, 0.05) is 0 Å². The molecule has 0 heterocycles. The SMILES string of the molecule is C=Cc1cccc(C(C)(C)C(=O)O)c1. The van der Waals surface area contributed by atoms with Crippen LogP contribution in [0.2, 0.25) is 0 Å². The van der Waals surface area contributed by atoms with Crippen LogP contribution in [0.1, 0.15) is 25.0 Å². The maximum atomic E-state index is 11.0. The van der Waals surface area contributed by atoms with Crippen LogP contribution in [0.5, 0.6) is 0 Å². The van der Waals surface area contributed by atoms with Gasteiger partial charge in [-0.3, -0.25) is 4.79 Å². The molecule has 0 bridgehead atoms. The summed E-state index contributed by atoms with van der Waals surface area (Å²) >= 11 is 0. The minimum absolute atomic E-state index is 0.794. The summed E-state index contributed by atoms with van der Waals surface area (Å²) in [6, 6.07) is 7.41. The zero-order chi connectivity index (χ0) is 10.8. The minimum Gasteiger partial charge on any atom is -0.481 e. The molecule has 0 unspecified atom stereocenters. The molecule has 0 amide bonds.